The van der Waals surface area contributed by atoms with Crippen molar-refractivity contribution in [3.63, 3.8) is 0 Å². The summed E-state index contributed by atoms with van der Waals surface area (Å²) in [4.78, 5) is 18.0. The van der Waals surface area contributed by atoms with Gasteiger partial charge in [0.25, 0.3) is 0 Å². The van der Waals surface area contributed by atoms with E-state index >= 15 is 0 Å². The van der Waals surface area contributed by atoms with E-state index in [4.69, 9.17) is 4.42 Å². The lowest BCUT2D eigenvalue weighted by molar-refractivity contribution is -0.134. The first-order valence-corrected chi connectivity index (χ1v) is 6.05. The van der Waals surface area contributed by atoms with Crippen LogP contribution in [-0.4, -0.2) is 35.4 Å². The van der Waals surface area contributed by atoms with Crippen LogP contribution in [0.3, 0.4) is 0 Å². The summed E-state index contributed by atoms with van der Waals surface area (Å²) in [6, 6.07) is -0.0829. The van der Waals surface area contributed by atoms with Crippen LogP contribution >= 0.6 is 0 Å². The molecule has 1 fully saturated rings. The van der Waals surface area contributed by atoms with E-state index in [0.717, 1.165) is 25.1 Å². The zero-order valence-electron chi connectivity index (χ0n) is 10.3. The lowest BCUT2D eigenvalue weighted by atomic mass is 9.98. The Labute approximate surface area is 101 Å². The number of hydrogen-bond donors (Lipinski definition) is 1. The fourth-order valence-electron chi connectivity index (χ4n) is 2.39. The van der Waals surface area contributed by atoms with Crippen LogP contribution in [0.4, 0.5) is 0 Å². The van der Waals surface area contributed by atoms with E-state index in [1.54, 1.807) is 6.20 Å². The van der Waals surface area contributed by atoms with Gasteiger partial charge in [0, 0.05) is 6.54 Å². The fraction of sp³-hybridized carbons (Fsp3) is 0.667. The van der Waals surface area contributed by atoms with Gasteiger partial charge >= 0.3 is 0 Å². The SMILES string of the molecule is CNC1C(=O)N(Cc2cnco2)CCCC1C. The predicted molar refractivity (Wildman–Crippen MR) is 63.2 cm³/mol. The number of hydrogen-bond acceptors (Lipinski definition) is 4. The monoisotopic (exact) mass is 237 g/mol. The minimum absolute atomic E-state index is 0.0829. The van der Waals surface area contributed by atoms with Crippen molar-refractivity contribution in [2.45, 2.75) is 32.4 Å². The van der Waals surface area contributed by atoms with Crippen molar-refractivity contribution in [2.75, 3.05) is 13.6 Å². The van der Waals surface area contributed by atoms with Crippen molar-refractivity contribution >= 4 is 5.91 Å². The van der Waals surface area contributed by atoms with E-state index in [9.17, 15) is 4.79 Å². The Morgan fingerprint density at radius 2 is 2.47 bits per heavy atom. The number of carbonyl (C=O) groups is 1. The van der Waals surface area contributed by atoms with E-state index < -0.39 is 0 Å². The molecule has 2 heterocycles. The quantitative estimate of drug-likeness (QED) is 0.852. The number of amides is 1. The summed E-state index contributed by atoms with van der Waals surface area (Å²) in [5, 5.41) is 3.12. The maximum atomic E-state index is 12.3. The Bertz CT molecular complexity index is 364. The van der Waals surface area contributed by atoms with Crippen molar-refractivity contribution in [3.05, 3.63) is 18.4 Å². The van der Waals surface area contributed by atoms with E-state index in [-0.39, 0.29) is 11.9 Å². The minimum Gasteiger partial charge on any atom is -0.447 e. The average Bonchev–Trinajstić information content (AvgIpc) is 2.76. The van der Waals surface area contributed by atoms with Crippen molar-refractivity contribution in [3.8, 4) is 0 Å². The summed E-state index contributed by atoms with van der Waals surface area (Å²) >= 11 is 0. The number of oxazole rings is 1. The van der Waals surface area contributed by atoms with Crippen LogP contribution in [0.2, 0.25) is 0 Å². The van der Waals surface area contributed by atoms with Crippen molar-refractivity contribution in [1.82, 2.24) is 15.2 Å². The molecule has 17 heavy (non-hydrogen) atoms. The molecule has 0 bridgehead atoms. The Kier molecular flexibility index (Phi) is 3.78. The molecule has 1 aliphatic heterocycles. The molecule has 2 rings (SSSR count). The highest BCUT2D eigenvalue weighted by molar-refractivity contribution is 5.82. The van der Waals surface area contributed by atoms with E-state index in [1.807, 2.05) is 11.9 Å². The van der Waals surface area contributed by atoms with E-state index in [1.165, 1.54) is 6.39 Å². The van der Waals surface area contributed by atoms with Gasteiger partial charge in [-0.3, -0.25) is 4.79 Å². The topological polar surface area (TPSA) is 58.4 Å². The fourth-order valence-corrected chi connectivity index (χ4v) is 2.39. The smallest absolute Gasteiger partial charge is 0.240 e. The summed E-state index contributed by atoms with van der Waals surface area (Å²) < 4.78 is 5.20. The molecule has 0 aromatic carbocycles. The number of nitrogens with one attached hydrogen (secondary N) is 1. The van der Waals surface area contributed by atoms with Gasteiger partial charge in [-0.25, -0.2) is 4.98 Å². The molecule has 0 spiro atoms. The van der Waals surface area contributed by atoms with Gasteiger partial charge in [-0.1, -0.05) is 6.92 Å². The Balaban J connectivity index is 2.08. The summed E-state index contributed by atoms with van der Waals surface area (Å²) in [5.41, 5.74) is 0. The van der Waals surface area contributed by atoms with Crippen molar-refractivity contribution < 1.29 is 9.21 Å². The minimum atomic E-state index is -0.0829. The standard InChI is InChI=1S/C12H19N3O2/c1-9-4-3-5-15(12(16)11(9)13-2)7-10-6-14-8-17-10/h6,8-9,11,13H,3-5,7H2,1-2H3. The van der Waals surface area contributed by atoms with E-state index in [2.05, 4.69) is 17.2 Å². The number of nitrogens with zero attached hydrogens (tertiary/aromatic N) is 2. The Morgan fingerprint density at radius 3 is 3.12 bits per heavy atom. The average molecular weight is 237 g/mol. The van der Waals surface area contributed by atoms with Gasteiger partial charge in [-0.15, -0.1) is 0 Å². The molecule has 1 aromatic heterocycles. The Morgan fingerprint density at radius 1 is 1.65 bits per heavy atom. The first kappa shape index (κ1) is 12.1. The second kappa shape index (κ2) is 5.31. The molecule has 0 radical (unpaired) electrons. The second-order valence-electron chi connectivity index (χ2n) is 4.61. The van der Waals surface area contributed by atoms with Crippen LogP contribution < -0.4 is 5.32 Å². The van der Waals surface area contributed by atoms with Gasteiger partial charge in [-0.05, 0) is 25.8 Å². The third kappa shape index (κ3) is 2.66. The zero-order chi connectivity index (χ0) is 12.3. The number of aromatic nitrogens is 1. The van der Waals surface area contributed by atoms with Gasteiger partial charge in [-0.2, -0.15) is 0 Å². The normalized spacial score (nSPS) is 26.0. The number of carbonyl (C=O) groups excluding carboxylic acids is 1. The summed E-state index contributed by atoms with van der Waals surface area (Å²) in [6.45, 7) is 3.43. The molecule has 1 aromatic rings. The van der Waals surface area contributed by atoms with Crippen molar-refractivity contribution in [2.24, 2.45) is 5.92 Å². The summed E-state index contributed by atoms with van der Waals surface area (Å²) in [5.74, 6) is 1.28. The molecule has 1 aliphatic rings. The highest BCUT2D eigenvalue weighted by Gasteiger charge is 2.31. The zero-order valence-corrected chi connectivity index (χ0v) is 10.3. The lowest BCUT2D eigenvalue weighted by Gasteiger charge is -2.25. The van der Waals surface area contributed by atoms with Gasteiger partial charge < -0.3 is 14.6 Å². The molecule has 1 N–H and O–H groups in total. The lowest BCUT2D eigenvalue weighted by Crippen LogP contribution is -2.46. The second-order valence-corrected chi connectivity index (χ2v) is 4.61. The molecule has 5 heteroatoms. The van der Waals surface area contributed by atoms with Gasteiger partial charge in [0.1, 0.15) is 5.76 Å². The van der Waals surface area contributed by atoms with Crippen LogP contribution in [0.15, 0.2) is 17.0 Å². The first-order chi connectivity index (χ1) is 8.22. The maximum Gasteiger partial charge on any atom is 0.240 e. The van der Waals surface area contributed by atoms with Crippen LogP contribution in [0.5, 0.6) is 0 Å². The van der Waals surface area contributed by atoms with Crippen molar-refractivity contribution in [1.29, 1.82) is 0 Å². The molecule has 1 saturated heterocycles. The molecule has 94 valence electrons. The largest absolute Gasteiger partial charge is 0.447 e. The summed E-state index contributed by atoms with van der Waals surface area (Å²) in [6.07, 6.45) is 5.18. The number of rotatable bonds is 3. The summed E-state index contributed by atoms with van der Waals surface area (Å²) in [7, 11) is 1.84. The van der Waals surface area contributed by atoms with Gasteiger partial charge in [0.2, 0.25) is 5.91 Å². The highest BCUT2D eigenvalue weighted by Crippen LogP contribution is 2.19. The maximum absolute atomic E-state index is 12.3. The molecular formula is C12H19N3O2. The molecule has 2 unspecified atom stereocenters. The molecule has 5 nitrogen and oxygen atoms in total. The third-order valence-electron chi connectivity index (χ3n) is 3.38. The predicted octanol–water partition coefficient (Wildman–Crippen LogP) is 1.02. The van der Waals surface area contributed by atoms with Gasteiger partial charge in [0.05, 0.1) is 18.8 Å². The van der Waals surface area contributed by atoms with Gasteiger partial charge in [0.15, 0.2) is 6.39 Å². The van der Waals surface area contributed by atoms with Crippen LogP contribution in [0.25, 0.3) is 0 Å². The Hall–Kier alpha value is -1.36. The molecule has 1 amide bonds. The van der Waals surface area contributed by atoms with Crippen LogP contribution in [0, 0.1) is 5.92 Å². The molecule has 0 saturated carbocycles. The molecule has 2 atom stereocenters. The van der Waals surface area contributed by atoms with Crippen LogP contribution in [0.1, 0.15) is 25.5 Å². The third-order valence-corrected chi connectivity index (χ3v) is 3.38. The first-order valence-electron chi connectivity index (χ1n) is 6.05. The highest BCUT2D eigenvalue weighted by atomic mass is 16.3. The molecule has 0 aliphatic carbocycles. The molecular weight excluding hydrogens is 218 g/mol. The van der Waals surface area contributed by atoms with E-state index in [0.29, 0.717) is 12.5 Å². The number of likely N-dealkylation sites (N-methyl/N-ethyl adjacent to an activating group) is 1. The van der Waals surface area contributed by atoms with Crippen LogP contribution in [-0.2, 0) is 11.3 Å². The number of likely N-dealkylation sites (tertiary alicyclic amines) is 1.